The molecule has 2 heterocycles. The number of rotatable bonds is 2. The highest BCUT2D eigenvalue weighted by atomic mass is 16.2. The summed E-state index contributed by atoms with van der Waals surface area (Å²) in [5.41, 5.74) is 0.0647. The average Bonchev–Trinajstić information content (AvgIpc) is 3.61. The molecule has 0 aromatic rings. The molecule has 6 aliphatic carbocycles. The molecule has 14 atom stereocenters. The minimum absolute atomic E-state index is 0.0661. The highest BCUT2D eigenvalue weighted by molar-refractivity contribution is 5.89. The summed E-state index contributed by atoms with van der Waals surface area (Å²) in [7, 11) is 0. The van der Waals surface area contributed by atoms with E-state index in [0.717, 1.165) is 38.5 Å². The molecule has 2 aliphatic heterocycles. The van der Waals surface area contributed by atoms with Crippen LogP contribution in [-0.2, 0) is 19.2 Å². The minimum atomic E-state index is -0.167. The van der Waals surface area contributed by atoms with Crippen molar-refractivity contribution in [1.82, 2.24) is 21.3 Å². The molecule has 0 radical (unpaired) electrons. The predicted octanol–water partition coefficient (Wildman–Crippen LogP) is 7.63. The summed E-state index contributed by atoms with van der Waals surface area (Å²) in [5, 5.41) is 13.0. The molecule has 8 heteroatoms. The third-order valence-corrected chi connectivity index (χ3v) is 17.0. The standard InChI is InChI=1S/2C23H36N2O2/c2*1-21(2,3)25-20(27)17-8-7-15-14-6-9-18-23(5,13-11-19(26)24-18)16(14)10-12-22(15,17)4/h2*11,13-18H,6-10,12H2,1-5H3,(H,24,26)(H,25,27)/t14-,15-,16?,17+,18?,22+,23-;14-,15-,16-,17+,18+,22-,23+/m00/s1. The second-order valence-electron chi connectivity index (χ2n) is 22.3. The Morgan fingerprint density at radius 3 is 1.28 bits per heavy atom. The van der Waals surface area contributed by atoms with Gasteiger partial charge < -0.3 is 21.3 Å². The first-order valence-electron chi connectivity index (χ1n) is 21.7. The third-order valence-electron chi connectivity index (χ3n) is 17.0. The van der Waals surface area contributed by atoms with E-state index < -0.39 is 0 Å². The lowest BCUT2D eigenvalue weighted by molar-refractivity contribution is -0.135. The first kappa shape index (κ1) is 39.6. The molecule has 8 nitrogen and oxygen atoms in total. The Kier molecular flexibility index (Phi) is 9.89. The fraction of sp³-hybridized carbons (Fsp3) is 0.826. The van der Waals surface area contributed by atoms with Crippen LogP contribution in [0.2, 0.25) is 0 Å². The number of hydrogen-bond donors (Lipinski definition) is 4. The number of fused-ring (bicyclic) bond motifs is 10. The lowest BCUT2D eigenvalue weighted by atomic mass is 9.48. The Balaban J connectivity index is 0.000000167. The molecular formula is C46H72N4O4. The van der Waals surface area contributed by atoms with E-state index in [1.54, 1.807) is 12.2 Å². The van der Waals surface area contributed by atoms with Gasteiger partial charge in [-0.25, -0.2) is 0 Å². The second kappa shape index (κ2) is 13.5. The lowest BCUT2D eigenvalue weighted by Crippen LogP contribution is -2.59. The minimum Gasteiger partial charge on any atom is -0.351 e. The van der Waals surface area contributed by atoms with Gasteiger partial charge in [0.25, 0.3) is 0 Å². The molecule has 0 saturated heterocycles. The van der Waals surface area contributed by atoms with E-state index in [1.165, 1.54) is 38.5 Å². The molecule has 8 aliphatic rings. The van der Waals surface area contributed by atoms with Gasteiger partial charge >= 0.3 is 0 Å². The zero-order valence-corrected chi connectivity index (χ0v) is 35.2. The summed E-state index contributed by atoms with van der Waals surface area (Å²) in [6, 6.07) is 0.559. The van der Waals surface area contributed by atoms with Gasteiger partial charge in [-0.05, 0) is 177 Å². The molecule has 0 spiro atoms. The SMILES string of the molecule is CC(C)(C)NC(=O)[C@H]1CC[C@H]2[C@@H]3CCC4NC(=O)C=C[C@@]4(C)C3CC[C@@]12C.CC(C)(C)NC(=O)[C@H]1CC[C@H]2[C@@H]3CC[C@H]4NC(=O)C=C[C@]4(C)[C@H]3CC[C@]12C. The molecule has 0 aromatic carbocycles. The Morgan fingerprint density at radius 1 is 0.556 bits per heavy atom. The monoisotopic (exact) mass is 745 g/mol. The van der Waals surface area contributed by atoms with Gasteiger partial charge in [-0.15, -0.1) is 0 Å². The molecular weight excluding hydrogens is 673 g/mol. The van der Waals surface area contributed by atoms with Crippen LogP contribution in [0.4, 0.5) is 0 Å². The van der Waals surface area contributed by atoms with Crippen molar-refractivity contribution in [3.63, 3.8) is 0 Å². The van der Waals surface area contributed by atoms with E-state index >= 15 is 0 Å². The number of carbonyl (C=O) groups is 4. The Hall–Kier alpha value is -2.64. The summed E-state index contributed by atoms with van der Waals surface area (Å²) in [4.78, 5) is 49.8. The maximum atomic E-state index is 13.0. The van der Waals surface area contributed by atoms with E-state index in [0.29, 0.717) is 35.5 Å². The van der Waals surface area contributed by atoms with Crippen molar-refractivity contribution >= 4 is 23.6 Å². The van der Waals surface area contributed by atoms with E-state index in [9.17, 15) is 19.2 Å². The third kappa shape index (κ3) is 6.69. The van der Waals surface area contributed by atoms with Gasteiger partial charge in [0.05, 0.1) is 0 Å². The van der Waals surface area contributed by atoms with Crippen LogP contribution in [-0.4, -0.2) is 46.8 Å². The van der Waals surface area contributed by atoms with Gasteiger partial charge in [0.2, 0.25) is 23.6 Å². The Labute approximate surface area is 326 Å². The normalized spacial score (nSPS) is 46.1. The quantitative estimate of drug-likeness (QED) is 0.233. The number of hydrogen-bond acceptors (Lipinski definition) is 4. The topological polar surface area (TPSA) is 116 Å². The van der Waals surface area contributed by atoms with Crippen LogP contribution in [0.3, 0.4) is 0 Å². The molecule has 4 amide bonds. The predicted molar refractivity (Wildman–Crippen MR) is 214 cm³/mol. The van der Waals surface area contributed by atoms with Crippen molar-refractivity contribution in [2.45, 2.75) is 169 Å². The summed E-state index contributed by atoms with van der Waals surface area (Å²) < 4.78 is 0. The van der Waals surface area contributed by atoms with Gasteiger partial charge in [0.15, 0.2) is 0 Å². The Morgan fingerprint density at radius 2 is 0.926 bits per heavy atom. The van der Waals surface area contributed by atoms with Crippen LogP contribution in [0.5, 0.6) is 0 Å². The Bertz CT molecular complexity index is 1470. The molecule has 0 aromatic heterocycles. The van der Waals surface area contributed by atoms with Crippen LogP contribution >= 0.6 is 0 Å². The summed E-state index contributed by atoms with van der Waals surface area (Å²) >= 11 is 0. The highest BCUT2D eigenvalue weighted by Crippen LogP contribution is 2.66. The highest BCUT2D eigenvalue weighted by Gasteiger charge is 2.62. The number of nitrogens with one attached hydrogen (secondary N) is 4. The fourth-order valence-electron chi connectivity index (χ4n) is 14.4. The molecule has 4 N–H and O–H groups in total. The van der Waals surface area contributed by atoms with Gasteiger partial charge in [0.1, 0.15) is 0 Å². The van der Waals surface area contributed by atoms with Gasteiger partial charge in [-0.2, -0.15) is 0 Å². The van der Waals surface area contributed by atoms with Crippen LogP contribution in [0.1, 0.15) is 146 Å². The summed E-state index contributed by atoms with van der Waals surface area (Å²) in [6.45, 7) is 21.9. The van der Waals surface area contributed by atoms with Crippen LogP contribution < -0.4 is 21.3 Å². The van der Waals surface area contributed by atoms with E-state index in [2.05, 4.69) is 103 Å². The van der Waals surface area contributed by atoms with Crippen molar-refractivity contribution in [2.75, 3.05) is 0 Å². The van der Waals surface area contributed by atoms with E-state index in [-0.39, 0.29) is 80.3 Å². The van der Waals surface area contributed by atoms with E-state index in [1.807, 2.05) is 0 Å². The van der Waals surface area contributed by atoms with Crippen LogP contribution in [0, 0.1) is 69.0 Å². The zero-order chi connectivity index (χ0) is 39.2. The molecule has 6 saturated carbocycles. The van der Waals surface area contributed by atoms with Crippen molar-refractivity contribution in [3.8, 4) is 0 Å². The summed E-state index contributed by atoms with van der Waals surface area (Å²) in [6.07, 6.45) is 21.4. The van der Waals surface area contributed by atoms with Crippen LogP contribution in [0.15, 0.2) is 24.3 Å². The van der Waals surface area contributed by atoms with Gasteiger partial charge in [-0.3, -0.25) is 19.2 Å². The molecule has 2 unspecified atom stereocenters. The molecule has 6 fully saturated rings. The first-order chi connectivity index (χ1) is 25.1. The average molecular weight is 745 g/mol. The maximum absolute atomic E-state index is 13.0. The molecule has 54 heavy (non-hydrogen) atoms. The zero-order valence-electron chi connectivity index (χ0n) is 35.2. The molecule has 0 bridgehead atoms. The van der Waals surface area contributed by atoms with Gasteiger partial charge in [0, 0.05) is 45.8 Å². The van der Waals surface area contributed by atoms with Crippen LogP contribution in [0.25, 0.3) is 0 Å². The molecule has 300 valence electrons. The number of amides is 4. The second-order valence-corrected chi connectivity index (χ2v) is 22.3. The van der Waals surface area contributed by atoms with Crippen molar-refractivity contribution in [2.24, 2.45) is 69.0 Å². The summed E-state index contributed by atoms with van der Waals surface area (Å²) in [5.74, 6) is 4.82. The first-order valence-corrected chi connectivity index (χ1v) is 21.7. The van der Waals surface area contributed by atoms with Crippen molar-refractivity contribution in [3.05, 3.63) is 24.3 Å². The largest absolute Gasteiger partial charge is 0.351 e. The molecule has 8 rings (SSSR count). The lowest BCUT2D eigenvalue weighted by Gasteiger charge is -2.58. The van der Waals surface area contributed by atoms with Gasteiger partial charge in [-0.1, -0.05) is 39.8 Å². The van der Waals surface area contributed by atoms with E-state index in [4.69, 9.17) is 0 Å². The van der Waals surface area contributed by atoms with Crippen molar-refractivity contribution < 1.29 is 19.2 Å². The smallest absolute Gasteiger partial charge is 0.243 e. The fourth-order valence-corrected chi connectivity index (χ4v) is 14.4. The number of carbonyl (C=O) groups excluding carboxylic acids is 4. The maximum Gasteiger partial charge on any atom is 0.243 e. The van der Waals surface area contributed by atoms with Crippen molar-refractivity contribution in [1.29, 1.82) is 0 Å².